The first-order chi connectivity index (χ1) is 8.15. The zero-order valence-electron chi connectivity index (χ0n) is 9.53. The summed E-state index contributed by atoms with van der Waals surface area (Å²) in [5.41, 5.74) is 0.849. The summed E-state index contributed by atoms with van der Waals surface area (Å²) in [6.45, 7) is 0. The molecule has 0 radical (unpaired) electrons. The SMILES string of the molecule is O=C(O)C1CCCC(Nc2ccc(F)cc2)C1. The number of benzene rings is 1. The summed E-state index contributed by atoms with van der Waals surface area (Å²) >= 11 is 0. The molecule has 2 N–H and O–H groups in total. The van der Waals surface area contributed by atoms with Crippen molar-refractivity contribution in [3.63, 3.8) is 0 Å². The molecule has 1 fully saturated rings. The molecular formula is C13H16FNO2. The van der Waals surface area contributed by atoms with E-state index in [0.29, 0.717) is 6.42 Å². The van der Waals surface area contributed by atoms with E-state index < -0.39 is 5.97 Å². The van der Waals surface area contributed by atoms with Crippen molar-refractivity contribution in [2.24, 2.45) is 5.92 Å². The molecule has 0 amide bonds. The van der Waals surface area contributed by atoms with Gasteiger partial charge >= 0.3 is 5.97 Å². The van der Waals surface area contributed by atoms with E-state index >= 15 is 0 Å². The molecule has 0 spiro atoms. The summed E-state index contributed by atoms with van der Waals surface area (Å²) in [5, 5.41) is 12.2. The lowest BCUT2D eigenvalue weighted by molar-refractivity contribution is -0.142. The number of aliphatic carboxylic acids is 1. The second-order valence-electron chi connectivity index (χ2n) is 4.55. The summed E-state index contributed by atoms with van der Waals surface area (Å²) in [5.74, 6) is -1.22. The van der Waals surface area contributed by atoms with Crippen LogP contribution in [-0.2, 0) is 4.79 Å². The Bertz CT molecular complexity index is 391. The lowest BCUT2D eigenvalue weighted by atomic mass is 9.85. The van der Waals surface area contributed by atoms with Gasteiger partial charge in [0, 0.05) is 11.7 Å². The molecule has 1 aliphatic carbocycles. The van der Waals surface area contributed by atoms with Crippen molar-refractivity contribution >= 4 is 11.7 Å². The van der Waals surface area contributed by atoms with Gasteiger partial charge in [0.15, 0.2) is 0 Å². The van der Waals surface area contributed by atoms with Crippen molar-refractivity contribution in [3.05, 3.63) is 30.1 Å². The molecule has 1 aromatic rings. The lowest BCUT2D eigenvalue weighted by Crippen LogP contribution is -2.30. The second-order valence-corrected chi connectivity index (χ2v) is 4.55. The summed E-state index contributed by atoms with van der Waals surface area (Å²) in [6.07, 6.45) is 3.31. The van der Waals surface area contributed by atoms with E-state index in [-0.39, 0.29) is 17.8 Å². The maximum absolute atomic E-state index is 12.7. The highest BCUT2D eigenvalue weighted by Gasteiger charge is 2.26. The van der Waals surface area contributed by atoms with E-state index in [1.807, 2.05) is 0 Å². The first-order valence-electron chi connectivity index (χ1n) is 5.90. The number of hydrogen-bond donors (Lipinski definition) is 2. The Kier molecular flexibility index (Phi) is 3.61. The van der Waals surface area contributed by atoms with E-state index in [2.05, 4.69) is 5.32 Å². The zero-order valence-corrected chi connectivity index (χ0v) is 9.53. The molecule has 3 nitrogen and oxygen atoms in total. The monoisotopic (exact) mass is 237 g/mol. The number of carbonyl (C=O) groups is 1. The highest BCUT2D eigenvalue weighted by atomic mass is 19.1. The minimum Gasteiger partial charge on any atom is -0.481 e. The minimum absolute atomic E-state index is 0.176. The van der Waals surface area contributed by atoms with Crippen molar-refractivity contribution in [2.45, 2.75) is 31.7 Å². The van der Waals surface area contributed by atoms with Gasteiger partial charge in [0.05, 0.1) is 5.92 Å². The predicted molar refractivity (Wildman–Crippen MR) is 63.4 cm³/mol. The number of carboxylic acids is 1. The number of hydrogen-bond acceptors (Lipinski definition) is 2. The number of halogens is 1. The van der Waals surface area contributed by atoms with Crippen LogP contribution in [0.4, 0.5) is 10.1 Å². The first-order valence-corrected chi connectivity index (χ1v) is 5.90. The number of carboxylic acid groups (broad SMARTS) is 1. The topological polar surface area (TPSA) is 49.3 Å². The van der Waals surface area contributed by atoms with Crippen LogP contribution in [0, 0.1) is 11.7 Å². The quantitative estimate of drug-likeness (QED) is 0.849. The van der Waals surface area contributed by atoms with Gasteiger partial charge in [0.25, 0.3) is 0 Å². The van der Waals surface area contributed by atoms with Crippen LogP contribution in [0.15, 0.2) is 24.3 Å². The van der Waals surface area contributed by atoms with Crippen molar-refractivity contribution in [1.82, 2.24) is 0 Å². The van der Waals surface area contributed by atoms with Crippen LogP contribution in [0.3, 0.4) is 0 Å². The van der Waals surface area contributed by atoms with E-state index in [9.17, 15) is 9.18 Å². The fraction of sp³-hybridized carbons (Fsp3) is 0.462. The molecule has 1 aliphatic rings. The molecule has 1 aromatic carbocycles. The molecule has 2 rings (SSSR count). The van der Waals surface area contributed by atoms with Crippen LogP contribution < -0.4 is 5.32 Å². The molecule has 0 saturated heterocycles. The van der Waals surface area contributed by atoms with Gasteiger partial charge < -0.3 is 10.4 Å². The fourth-order valence-corrected chi connectivity index (χ4v) is 2.33. The highest BCUT2D eigenvalue weighted by molar-refractivity contribution is 5.70. The standard InChI is InChI=1S/C13H16FNO2/c14-10-4-6-11(7-5-10)15-12-3-1-2-9(8-12)13(16)17/h4-7,9,12,15H,1-3,8H2,(H,16,17). The van der Waals surface area contributed by atoms with Crippen LogP contribution in [0.5, 0.6) is 0 Å². The first kappa shape index (κ1) is 11.9. The molecule has 2 unspecified atom stereocenters. The molecule has 2 atom stereocenters. The Morgan fingerprint density at radius 3 is 2.65 bits per heavy atom. The van der Waals surface area contributed by atoms with Crippen LogP contribution in [-0.4, -0.2) is 17.1 Å². The second kappa shape index (κ2) is 5.17. The zero-order chi connectivity index (χ0) is 12.3. The smallest absolute Gasteiger partial charge is 0.306 e. The van der Waals surface area contributed by atoms with Gasteiger partial charge in [-0.05, 0) is 43.5 Å². The number of anilines is 1. The van der Waals surface area contributed by atoms with Crippen molar-refractivity contribution in [1.29, 1.82) is 0 Å². The molecule has 17 heavy (non-hydrogen) atoms. The van der Waals surface area contributed by atoms with Crippen LogP contribution in [0.1, 0.15) is 25.7 Å². The van der Waals surface area contributed by atoms with E-state index in [1.165, 1.54) is 12.1 Å². The maximum atomic E-state index is 12.7. The van der Waals surface area contributed by atoms with Crippen LogP contribution in [0.2, 0.25) is 0 Å². The maximum Gasteiger partial charge on any atom is 0.306 e. The molecule has 0 aliphatic heterocycles. The minimum atomic E-state index is -0.712. The van der Waals surface area contributed by atoms with Gasteiger partial charge in [-0.2, -0.15) is 0 Å². The van der Waals surface area contributed by atoms with E-state index in [4.69, 9.17) is 5.11 Å². The van der Waals surface area contributed by atoms with Gasteiger partial charge in [-0.25, -0.2) is 4.39 Å². The van der Waals surface area contributed by atoms with Gasteiger partial charge in [0.2, 0.25) is 0 Å². The molecule has 0 aromatic heterocycles. The normalized spacial score (nSPS) is 24.3. The Balaban J connectivity index is 1.94. The Morgan fingerprint density at radius 2 is 2.00 bits per heavy atom. The van der Waals surface area contributed by atoms with E-state index in [0.717, 1.165) is 24.9 Å². The Hall–Kier alpha value is -1.58. The average Bonchev–Trinajstić information content (AvgIpc) is 2.32. The summed E-state index contributed by atoms with van der Waals surface area (Å²) in [7, 11) is 0. The molecule has 4 heteroatoms. The summed E-state index contributed by atoms with van der Waals surface area (Å²) in [4.78, 5) is 10.9. The van der Waals surface area contributed by atoms with E-state index in [1.54, 1.807) is 12.1 Å². The largest absolute Gasteiger partial charge is 0.481 e. The third kappa shape index (κ3) is 3.19. The molecular weight excluding hydrogens is 221 g/mol. The fourth-order valence-electron chi connectivity index (χ4n) is 2.33. The summed E-state index contributed by atoms with van der Waals surface area (Å²) < 4.78 is 12.7. The predicted octanol–water partition coefficient (Wildman–Crippen LogP) is 2.88. The van der Waals surface area contributed by atoms with Gasteiger partial charge in [-0.3, -0.25) is 4.79 Å². The van der Waals surface area contributed by atoms with Crippen molar-refractivity contribution in [2.75, 3.05) is 5.32 Å². The van der Waals surface area contributed by atoms with Gasteiger partial charge in [-0.15, -0.1) is 0 Å². The van der Waals surface area contributed by atoms with Gasteiger partial charge in [-0.1, -0.05) is 6.42 Å². The lowest BCUT2D eigenvalue weighted by Gasteiger charge is -2.28. The Labute approximate surface area is 99.7 Å². The highest BCUT2D eigenvalue weighted by Crippen LogP contribution is 2.26. The third-order valence-electron chi connectivity index (χ3n) is 3.24. The summed E-state index contributed by atoms with van der Waals surface area (Å²) in [6, 6.07) is 6.34. The average molecular weight is 237 g/mol. The molecule has 92 valence electrons. The van der Waals surface area contributed by atoms with Crippen molar-refractivity contribution < 1.29 is 14.3 Å². The van der Waals surface area contributed by atoms with Crippen LogP contribution in [0.25, 0.3) is 0 Å². The van der Waals surface area contributed by atoms with Crippen LogP contribution >= 0.6 is 0 Å². The number of rotatable bonds is 3. The third-order valence-corrected chi connectivity index (χ3v) is 3.24. The van der Waals surface area contributed by atoms with Gasteiger partial charge in [0.1, 0.15) is 5.82 Å². The van der Waals surface area contributed by atoms with Crippen molar-refractivity contribution in [3.8, 4) is 0 Å². The molecule has 0 heterocycles. The molecule has 1 saturated carbocycles. The Morgan fingerprint density at radius 1 is 1.29 bits per heavy atom. The molecule has 0 bridgehead atoms. The number of nitrogens with one attached hydrogen (secondary N) is 1.